The molecule has 6 rings (SSSR count). The third kappa shape index (κ3) is 6.95. The van der Waals surface area contributed by atoms with Gasteiger partial charge in [-0.1, -0.05) is 24.3 Å². The van der Waals surface area contributed by atoms with Crippen molar-refractivity contribution in [2.24, 2.45) is 0 Å². The topological polar surface area (TPSA) is 113 Å². The van der Waals surface area contributed by atoms with Crippen molar-refractivity contribution in [1.82, 2.24) is 19.7 Å². The van der Waals surface area contributed by atoms with Crippen LogP contribution in [0.25, 0.3) is 11.1 Å². The van der Waals surface area contributed by atoms with E-state index >= 15 is 0 Å². The van der Waals surface area contributed by atoms with Gasteiger partial charge in [0.15, 0.2) is 5.13 Å². The Morgan fingerprint density at radius 2 is 1.85 bits per heavy atom. The van der Waals surface area contributed by atoms with Gasteiger partial charge in [-0.2, -0.15) is 23.5 Å². The minimum absolute atomic E-state index is 0.107. The Bertz CT molecular complexity index is 1790. The molecule has 3 heterocycles. The number of carbonyl (C=O) groups is 2. The van der Waals surface area contributed by atoms with Crippen molar-refractivity contribution in [1.29, 1.82) is 5.26 Å². The number of ether oxygens (including phenoxy) is 1. The maximum atomic E-state index is 13.6. The van der Waals surface area contributed by atoms with E-state index in [4.69, 9.17) is 10.00 Å². The highest BCUT2D eigenvalue weighted by molar-refractivity contribution is 7.15. The highest BCUT2D eigenvalue weighted by Gasteiger charge is 2.42. The Morgan fingerprint density at radius 3 is 2.57 bits per heavy atom. The van der Waals surface area contributed by atoms with Crippen LogP contribution in [0.2, 0.25) is 0 Å². The van der Waals surface area contributed by atoms with E-state index < -0.39 is 30.0 Å². The molecule has 1 atom stereocenters. The Morgan fingerprint density at radius 1 is 1.09 bits per heavy atom. The summed E-state index contributed by atoms with van der Waals surface area (Å²) in [6.45, 7) is 1.30. The number of carbonyl (C=O) groups excluding carboxylic acids is 2. The molecule has 2 aliphatic rings. The van der Waals surface area contributed by atoms with Crippen molar-refractivity contribution in [2.45, 2.75) is 57.0 Å². The summed E-state index contributed by atoms with van der Waals surface area (Å²) in [5.41, 5.74) is 2.65. The largest absolute Gasteiger partial charge is 0.491 e. The Hall–Kier alpha value is -4.61. The number of thiazole rings is 1. The lowest BCUT2D eigenvalue weighted by molar-refractivity contribution is -0.189. The van der Waals surface area contributed by atoms with Gasteiger partial charge in [-0.05, 0) is 55.9 Å². The molecule has 1 amide bonds. The summed E-state index contributed by atoms with van der Waals surface area (Å²) in [6, 6.07) is 13.3. The fourth-order valence-electron chi connectivity index (χ4n) is 5.79. The Labute approximate surface area is 265 Å². The molecule has 1 fully saturated rings. The van der Waals surface area contributed by atoms with Gasteiger partial charge in [-0.15, -0.1) is 11.3 Å². The van der Waals surface area contributed by atoms with Crippen LogP contribution in [-0.2, 0) is 24.2 Å². The lowest BCUT2D eigenvalue weighted by Gasteiger charge is -2.37. The summed E-state index contributed by atoms with van der Waals surface area (Å²) in [5, 5.41) is 16.3. The molecule has 1 saturated heterocycles. The number of aryl methyl sites for hydroxylation is 1. The number of halogens is 4. The molecular formula is C32H28F4N6O3S. The second-order valence-corrected chi connectivity index (χ2v) is 12.3. The predicted molar refractivity (Wildman–Crippen MR) is 161 cm³/mol. The summed E-state index contributed by atoms with van der Waals surface area (Å²) in [7, 11) is 0. The average molecular weight is 653 g/mol. The van der Waals surface area contributed by atoms with E-state index in [0.29, 0.717) is 43.5 Å². The zero-order chi connectivity index (χ0) is 32.4. The molecule has 1 N–H and O–H groups in total. The van der Waals surface area contributed by atoms with Crippen LogP contribution in [-0.4, -0.2) is 63.0 Å². The van der Waals surface area contributed by atoms with Crippen LogP contribution in [0.1, 0.15) is 51.3 Å². The molecular weight excluding hydrogens is 624 g/mol. The molecule has 46 heavy (non-hydrogen) atoms. The first-order valence-electron chi connectivity index (χ1n) is 14.7. The fourth-order valence-corrected chi connectivity index (χ4v) is 6.86. The maximum Gasteiger partial charge on any atom is 0.491 e. The number of benzene rings is 2. The molecule has 1 aliphatic carbocycles. The van der Waals surface area contributed by atoms with Crippen molar-refractivity contribution >= 4 is 28.3 Å². The number of nitrogens with zero attached hydrogens (tertiary/aromatic N) is 5. The van der Waals surface area contributed by atoms with Crippen LogP contribution in [0.15, 0.2) is 54.9 Å². The van der Waals surface area contributed by atoms with E-state index in [9.17, 15) is 27.2 Å². The summed E-state index contributed by atoms with van der Waals surface area (Å²) in [6.07, 6.45) is 0.469. The molecule has 0 spiro atoms. The smallest absolute Gasteiger partial charge is 0.419 e. The summed E-state index contributed by atoms with van der Waals surface area (Å²) in [4.78, 5) is 33.3. The fraction of sp³-hybridized carbons (Fsp3) is 0.344. The van der Waals surface area contributed by atoms with Gasteiger partial charge in [0.25, 0.3) is 5.91 Å². The minimum atomic E-state index is -5.29. The zero-order valence-corrected chi connectivity index (χ0v) is 25.2. The number of likely N-dealkylation sites (tertiary alicyclic amines) is 1. The summed E-state index contributed by atoms with van der Waals surface area (Å²) >= 11 is 1.30. The van der Waals surface area contributed by atoms with Crippen LogP contribution in [0.3, 0.4) is 0 Å². The SMILES string of the molecule is N#Cc1ccc(-c2cnn(Cc3cccc(C(=O)Nc4nc5c(s4)CC(N4CCC(F)CC4)CC5)c3OC(=O)C(F)(F)F)c2)cc1. The molecule has 1 aliphatic heterocycles. The molecule has 4 aromatic rings. The van der Waals surface area contributed by atoms with Crippen LogP contribution in [0.4, 0.5) is 22.7 Å². The monoisotopic (exact) mass is 652 g/mol. The maximum absolute atomic E-state index is 13.6. The minimum Gasteiger partial charge on any atom is -0.419 e. The van der Waals surface area contributed by atoms with E-state index in [0.717, 1.165) is 29.0 Å². The highest BCUT2D eigenvalue weighted by atomic mass is 32.1. The molecule has 0 saturated carbocycles. The number of aromatic nitrogens is 3. The normalized spacial score (nSPS) is 17.2. The van der Waals surface area contributed by atoms with E-state index in [1.54, 1.807) is 36.7 Å². The van der Waals surface area contributed by atoms with Crippen LogP contribution >= 0.6 is 11.3 Å². The number of nitrogens with one attached hydrogen (secondary N) is 1. The number of hydrogen-bond donors (Lipinski definition) is 1. The number of piperidine rings is 1. The Kier molecular flexibility index (Phi) is 8.88. The standard InChI is InChI=1S/C32H28F4N6O3S/c33-23-10-12-41(13-11-23)24-8-9-26-27(14-24)46-31(39-26)40-29(43)25-3-1-2-21(28(25)45-30(44)32(34,35)36)17-42-18-22(16-38-42)20-6-4-19(15-37)5-7-20/h1-7,16,18,23-24H,8-14,17H2,(H,39,40,43). The second kappa shape index (κ2) is 13.0. The first kappa shape index (κ1) is 31.4. The first-order chi connectivity index (χ1) is 22.1. The van der Waals surface area contributed by atoms with Crippen molar-refractivity contribution in [2.75, 3.05) is 18.4 Å². The highest BCUT2D eigenvalue weighted by Crippen LogP contribution is 2.34. The summed E-state index contributed by atoms with van der Waals surface area (Å²) < 4.78 is 59.8. The molecule has 2 aromatic heterocycles. The zero-order valence-electron chi connectivity index (χ0n) is 24.4. The van der Waals surface area contributed by atoms with Crippen LogP contribution in [0, 0.1) is 11.3 Å². The molecule has 9 nitrogen and oxygen atoms in total. The number of nitriles is 1. The number of para-hydroxylation sites is 1. The van der Waals surface area contributed by atoms with Gasteiger partial charge in [-0.3, -0.25) is 19.7 Å². The van der Waals surface area contributed by atoms with Gasteiger partial charge in [0.05, 0.1) is 35.6 Å². The quantitative estimate of drug-likeness (QED) is 0.149. The van der Waals surface area contributed by atoms with Crippen LogP contribution < -0.4 is 10.1 Å². The number of amides is 1. The number of rotatable bonds is 7. The van der Waals surface area contributed by atoms with Crippen molar-refractivity contribution < 1.29 is 31.9 Å². The van der Waals surface area contributed by atoms with Gasteiger partial charge < -0.3 is 4.74 Å². The van der Waals surface area contributed by atoms with Gasteiger partial charge >= 0.3 is 12.1 Å². The predicted octanol–water partition coefficient (Wildman–Crippen LogP) is 5.94. The molecule has 0 radical (unpaired) electrons. The third-order valence-corrected chi connectivity index (χ3v) is 9.23. The number of esters is 1. The van der Waals surface area contributed by atoms with Gasteiger partial charge in [-0.25, -0.2) is 14.2 Å². The molecule has 2 aromatic carbocycles. The Balaban J connectivity index is 1.22. The number of alkyl halides is 4. The summed E-state index contributed by atoms with van der Waals surface area (Å²) in [5.74, 6) is -3.77. The van der Waals surface area contributed by atoms with Crippen molar-refractivity contribution in [3.8, 4) is 22.9 Å². The molecule has 1 unspecified atom stereocenters. The third-order valence-electron chi connectivity index (χ3n) is 8.19. The van der Waals surface area contributed by atoms with Gasteiger partial charge in [0.1, 0.15) is 11.9 Å². The second-order valence-electron chi connectivity index (χ2n) is 11.2. The van der Waals surface area contributed by atoms with Crippen molar-refractivity contribution in [3.05, 3.63) is 82.1 Å². The number of fused-ring (bicyclic) bond motifs is 1. The lowest BCUT2D eigenvalue weighted by Crippen LogP contribution is -2.44. The van der Waals surface area contributed by atoms with Crippen LogP contribution in [0.5, 0.6) is 5.75 Å². The molecule has 0 bridgehead atoms. The van der Waals surface area contributed by atoms with Gasteiger partial charge in [0.2, 0.25) is 0 Å². The van der Waals surface area contributed by atoms with E-state index in [2.05, 4.69) is 20.3 Å². The van der Waals surface area contributed by atoms with Crippen molar-refractivity contribution in [3.63, 3.8) is 0 Å². The number of anilines is 1. The molecule has 238 valence electrons. The average Bonchev–Trinajstić information content (AvgIpc) is 3.68. The lowest BCUT2D eigenvalue weighted by atomic mass is 9.94. The van der Waals surface area contributed by atoms with Gasteiger partial charge in [0, 0.05) is 41.3 Å². The molecule has 14 heteroatoms. The van der Waals surface area contributed by atoms with E-state index in [1.165, 1.54) is 34.2 Å². The van der Waals surface area contributed by atoms with E-state index in [-0.39, 0.29) is 28.8 Å². The number of hydrogen-bond acceptors (Lipinski definition) is 8. The van der Waals surface area contributed by atoms with E-state index in [1.807, 2.05) is 6.07 Å². The first-order valence-corrected chi connectivity index (χ1v) is 15.5.